The summed E-state index contributed by atoms with van der Waals surface area (Å²) >= 11 is 0.721. The van der Waals surface area contributed by atoms with Crippen LogP contribution in [0.25, 0.3) is 0 Å². The molecule has 0 radical (unpaired) electrons. The van der Waals surface area contributed by atoms with Crippen molar-refractivity contribution in [1.29, 1.82) is 0 Å². The molecule has 0 aliphatic heterocycles. The minimum atomic E-state index is -0.0625. The maximum atomic E-state index is 12.4. The molecular formula is C19H25NO4S. The lowest BCUT2D eigenvalue weighted by Crippen LogP contribution is -2.42. The van der Waals surface area contributed by atoms with Gasteiger partial charge in [-0.05, 0) is 79.5 Å². The summed E-state index contributed by atoms with van der Waals surface area (Å²) in [5.74, 6) is 7.91. The summed E-state index contributed by atoms with van der Waals surface area (Å²) in [5.41, 5.74) is 3.85. The number of carbonyl (C=O) groups excluding carboxylic acids is 1. The third-order valence-electron chi connectivity index (χ3n) is 6.92. The summed E-state index contributed by atoms with van der Waals surface area (Å²) < 4.78 is 10.1. The minimum absolute atomic E-state index is 0.0625. The molecule has 1 aromatic carbocycles. The highest BCUT2D eigenvalue weighted by Crippen LogP contribution is 2.59. The Kier molecular flexibility index (Phi) is 4.56. The first-order valence-electron chi connectivity index (χ1n) is 9.08. The number of carbonyl (C=O) groups is 1. The Bertz CT molecular complexity index is 694. The molecule has 4 rings (SSSR count). The van der Waals surface area contributed by atoms with Crippen molar-refractivity contribution >= 4 is 18.1 Å². The van der Waals surface area contributed by atoms with Crippen molar-refractivity contribution in [1.82, 2.24) is 0 Å². The van der Waals surface area contributed by atoms with Crippen molar-refractivity contribution in [2.75, 3.05) is 0 Å². The van der Waals surface area contributed by atoms with Crippen molar-refractivity contribution in [3.8, 4) is 5.75 Å². The number of aryl methyl sites for hydroxylation is 2. The first-order chi connectivity index (χ1) is 12.0. The van der Waals surface area contributed by atoms with Gasteiger partial charge in [-0.2, -0.15) is 5.90 Å². The van der Waals surface area contributed by atoms with Gasteiger partial charge in [0.25, 0.3) is 12.3 Å². The molecule has 25 heavy (non-hydrogen) atoms. The Morgan fingerprint density at radius 3 is 2.88 bits per heavy atom. The number of ketones is 1. The van der Waals surface area contributed by atoms with Gasteiger partial charge in [-0.15, -0.1) is 9.32 Å². The smallest absolute Gasteiger partial charge is 0.260 e. The predicted octanol–water partition coefficient (Wildman–Crippen LogP) is 4.18. The minimum Gasteiger partial charge on any atom is -0.398 e. The summed E-state index contributed by atoms with van der Waals surface area (Å²) in [5, 5.41) is 0. The molecule has 2 saturated carbocycles. The zero-order valence-corrected chi connectivity index (χ0v) is 15.6. The van der Waals surface area contributed by atoms with Crippen LogP contribution in [0, 0.1) is 24.2 Å². The van der Waals surface area contributed by atoms with Crippen molar-refractivity contribution in [3.05, 3.63) is 28.8 Å². The summed E-state index contributed by atoms with van der Waals surface area (Å²) in [7, 11) is 0. The van der Waals surface area contributed by atoms with E-state index >= 15 is 0 Å². The maximum absolute atomic E-state index is 12.4. The molecule has 2 N–H and O–H groups in total. The first-order valence-corrected chi connectivity index (χ1v) is 9.74. The van der Waals surface area contributed by atoms with E-state index in [1.807, 2.05) is 0 Å². The molecule has 1 aromatic rings. The average molecular weight is 363 g/mol. The van der Waals surface area contributed by atoms with Gasteiger partial charge < -0.3 is 4.18 Å². The van der Waals surface area contributed by atoms with Gasteiger partial charge in [-0.3, -0.25) is 4.79 Å². The number of hydrogen-bond acceptors (Lipinski definition) is 6. The van der Waals surface area contributed by atoms with Gasteiger partial charge in [0.15, 0.2) is 0 Å². The number of benzene rings is 1. The van der Waals surface area contributed by atoms with E-state index in [0.717, 1.165) is 55.7 Å². The zero-order chi connectivity index (χ0) is 17.6. The maximum Gasteiger partial charge on any atom is 0.260 e. The second kappa shape index (κ2) is 6.58. The van der Waals surface area contributed by atoms with Crippen molar-refractivity contribution in [2.24, 2.45) is 23.1 Å². The van der Waals surface area contributed by atoms with Gasteiger partial charge in [-0.25, -0.2) is 0 Å². The largest absolute Gasteiger partial charge is 0.398 e. The third-order valence-corrected chi connectivity index (χ3v) is 7.30. The standard InChI is InChI=1S/C19H25NO4S/c1-11-9-15-12(10-17(11)22-25-24-23-20)3-4-14-13(15)7-8-19(2)16(14)5-6-18(19)21/h9-10,13-14,16H,3-8,20H2,1-2H3. The van der Waals surface area contributed by atoms with Gasteiger partial charge >= 0.3 is 0 Å². The lowest BCUT2D eigenvalue weighted by Gasteiger charge is -2.48. The molecule has 3 aliphatic rings. The molecule has 0 saturated heterocycles. The Labute approximate surface area is 152 Å². The lowest BCUT2D eigenvalue weighted by atomic mass is 9.55. The fourth-order valence-corrected chi connectivity index (χ4v) is 5.95. The third kappa shape index (κ3) is 2.79. The number of Topliss-reactive ketones (excluding diaryl/α,β-unsaturated/α-hetero) is 1. The molecule has 4 unspecified atom stereocenters. The molecule has 4 atom stereocenters. The Morgan fingerprint density at radius 1 is 1.24 bits per heavy atom. The molecule has 0 heterocycles. The molecule has 0 spiro atoms. The zero-order valence-electron chi connectivity index (χ0n) is 14.7. The van der Waals surface area contributed by atoms with Crippen molar-refractivity contribution < 1.29 is 18.3 Å². The van der Waals surface area contributed by atoms with Crippen LogP contribution in [0.4, 0.5) is 0 Å². The van der Waals surface area contributed by atoms with E-state index < -0.39 is 0 Å². The van der Waals surface area contributed by atoms with E-state index in [2.05, 4.69) is 35.3 Å². The number of hydrogen-bond donors (Lipinski definition) is 1. The van der Waals surface area contributed by atoms with Gasteiger partial charge in [0.1, 0.15) is 11.5 Å². The lowest BCUT2D eigenvalue weighted by molar-refractivity contribution is -0.199. The van der Waals surface area contributed by atoms with Gasteiger partial charge in [0.2, 0.25) is 0 Å². The normalized spacial score (nSPS) is 33.6. The van der Waals surface area contributed by atoms with Crippen LogP contribution in [0.15, 0.2) is 12.1 Å². The Hall–Kier alpha value is -1.08. The molecule has 136 valence electrons. The Balaban J connectivity index is 1.60. The van der Waals surface area contributed by atoms with Crippen LogP contribution >= 0.6 is 12.3 Å². The highest BCUT2D eigenvalue weighted by molar-refractivity contribution is 7.90. The van der Waals surface area contributed by atoms with Gasteiger partial charge in [-0.1, -0.05) is 13.0 Å². The molecule has 0 amide bonds. The summed E-state index contributed by atoms with van der Waals surface area (Å²) in [6.45, 7) is 4.27. The highest BCUT2D eigenvalue weighted by Gasteiger charge is 2.54. The topological polar surface area (TPSA) is 70.8 Å². The fraction of sp³-hybridized carbons (Fsp3) is 0.632. The van der Waals surface area contributed by atoms with Crippen LogP contribution in [0.3, 0.4) is 0 Å². The van der Waals surface area contributed by atoms with E-state index in [-0.39, 0.29) is 5.41 Å². The van der Waals surface area contributed by atoms with Crippen molar-refractivity contribution in [3.63, 3.8) is 0 Å². The molecule has 0 bridgehead atoms. The fourth-order valence-electron chi connectivity index (χ4n) is 5.64. The van der Waals surface area contributed by atoms with Crippen LogP contribution in [0.1, 0.15) is 61.6 Å². The summed E-state index contributed by atoms with van der Waals surface area (Å²) in [4.78, 5) is 16.5. The van der Waals surface area contributed by atoms with Crippen LogP contribution in [0.5, 0.6) is 5.75 Å². The number of fused-ring (bicyclic) bond motifs is 5. The van der Waals surface area contributed by atoms with E-state index in [0.29, 0.717) is 23.5 Å². The van der Waals surface area contributed by atoms with E-state index in [1.165, 1.54) is 17.5 Å². The summed E-state index contributed by atoms with van der Waals surface area (Å²) in [6, 6.07) is 4.39. The number of nitrogens with two attached hydrogens (primary N) is 1. The Morgan fingerprint density at radius 2 is 2.08 bits per heavy atom. The van der Waals surface area contributed by atoms with Gasteiger partial charge in [0.05, 0.1) is 0 Å². The van der Waals surface area contributed by atoms with Crippen LogP contribution in [-0.2, 0) is 20.5 Å². The second-order valence-corrected chi connectivity index (χ2v) is 8.40. The second-order valence-electron chi connectivity index (χ2n) is 7.97. The molecule has 5 nitrogen and oxygen atoms in total. The van der Waals surface area contributed by atoms with E-state index in [9.17, 15) is 4.79 Å². The van der Waals surface area contributed by atoms with Crippen LogP contribution < -0.4 is 10.1 Å². The molecule has 6 heteroatoms. The average Bonchev–Trinajstić information content (AvgIpc) is 2.91. The van der Waals surface area contributed by atoms with E-state index in [4.69, 9.17) is 10.1 Å². The molecule has 2 fully saturated rings. The predicted molar refractivity (Wildman–Crippen MR) is 95.4 cm³/mol. The van der Waals surface area contributed by atoms with Crippen molar-refractivity contribution in [2.45, 2.75) is 58.3 Å². The number of rotatable bonds is 4. The SMILES string of the molecule is Cc1cc2c(cc1OSOON)CCC1C2CCC2(C)C(=O)CCC12. The van der Waals surface area contributed by atoms with E-state index in [1.54, 1.807) is 0 Å². The van der Waals surface area contributed by atoms with Crippen LogP contribution in [-0.4, -0.2) is 5.78 Å². The quantitative estimate of drug-likeness (QED) is 0.374. The summed E-state index contributed by atoms with van der Waals surface area (Å²) in [6.07, 6.45) is 6.24. The first kappa shape index (κ1) is 17.3. The monoisotopic (exact) mass is 363 g/mol. The molecule has 3 aliphatic carbocycles. The van der Waals surface area contributed by atoms with Crippen LogP contribution in [0.2, 0.25) is 0 Å². The highest BCUT2D eigenvalue weighted by atomic mass is 32.2. The van der Waals surface area contributed by atoms with Gasteiger partial charge in [0, 0.05) is 11.8 Å². The molecule has 0 aromatic heterocycles. The molecular weight excluding hydrogens is 338 g/mol.